The van der Waals surface area contributed by atoms with E-state index in [0.717, 1.165) is 21.9 Å². The Morgan fingerprint density at radius 1 is 1.03 bits per heavy atom. The Morgan fingerprint density at radius 2 is 1.87 bits per heavy atom. The van der Waals surface area contributed by atoms with E-state index in [0.29, 0.717) is 12.1 Å². The number of hydrogen-bond acceptors (Lipinski definition) is 4. The topological polar surface area (TPSA) is 58.2 Å². The summed E-state index contributed by atoms with van der Waals surface area (Å²) in [5, 5.41) is 7.62. The van der Waals surface area contributed by atoms with Crippen molar-refractivity contribution < 1.29 is 9.59 Å². The number of nitrogens with one attached hydrogen (secondary N) is 2. The number of hydrogen-bond donors (Lipinski definition) is 2. The van der Waals surface area contributed by atoms with Crippen LogP contribution < -0.4 is 10.6 Å². The van der Waals surface area contributed by atoms with Crippen LogP contribution in [0.3, 0.4) is 0 Å². The van der Waals surface area contributed by atoms with Gasteiger partial charge in [0.15, 0.2) is 0 Å². The second-order valence-corrected chi connectivity index (χ2v) is 8.78. The molecule has 2 aromatic carbocycles. The van der Waals surface area contributed by atoms with E-state index in [4.69, 9.17) is 0 Å². The van der Waals surface area contributed by atoms with Gasteiger partial charge in [-0.15, -0.1) is 11.3 Å². The molecule has 1 heterocycles. The number of carbonyl (C=O) groups excluding carboxylic acids is 2. The molecule has 0 spiro atoms. The van der Waals surface area contributed by atoms with Crippen molar-refractivity contribution in [2.24, 2.45) is 0 Å². The van der Waals surface area contributed by atoms with Crippen LogP contribution in [0.5, 0.6) is 0 Å². The minimum atomic E-state index is -0.296. The normalized spacial score (nSPS) is 11.2. The molecule has 154 valence electrons. The van der Waals surface area contributed by atoms with Crippen LogP contribution in [0, 0.1) is 6.92 Å². The van der Waals surface area contributed by atoms with Gasteiger partial charge in [0.25, 0.3) is 11.8 Å². The Hall–Kier alpha value is -2.83. The van der Waals surface area contributed by atoms with Gasteiger partial charge in [0, 0.05) is 28.5 Å². The molecule has 30 heavy (non-hydrogen) atoms. The molecule has 0 aliphatic carbocycles. The Morgan fingerprint density at radius 3 is 2.60 bits per heavy atom. The third-order valence-electron chi connectivity index (χ3n) is 4.25. The highest BCUT2D eigenvalue weighted by molar-refractivity contribution is 7.98. The molecular formula is C24H24N2O2S2. The minimum Gasteiger partial charge on any atom is -0.350 e. The van der Waals surface area contributed by atoms with E-state index in [9.17, 15) is 9.59 Å². The molecule has 0 radical (unpaired) electrons. The molecule has 0 atom stereocenters. The zero-order valence-electron chi connectivity index (χ0n) is 16.8. The predicted octanol–water partition coefficient (Wildman–Crippen LogP) is 4.88. The van der Waals surface area contributed by atoms with Crippen LogP contribution in [0.2, 0.25) is 0 Å². The fourth-order valence-electron chi connectivity index (χ4n) is 2.75. The molecule has 0 bridgehead atoms. The predicted molar refractivity (Wildman–Crippen MR) is 127 cm³/mol. The van der Waals surface area contributed by atoms with Gasteiger partial charge in [0.2, 0.25) is 0 Å². The van der Waals surface area contributed by atoms with Gasteiger partial charge in [-0.25, -0.2) is 0 Å². The lowest BCUT2D eigenvalue weighted by molar-refractivity contribution is -0.117. The number of aryl methyl sites for hydroxylation is 1. The first-order valence-electron chi connectivity index (χ1n) is 9.65. The second kappa shape index (κ2) is 11.4. The zero-order chi connectivity index (χ0) is 21.2. The lowest BCUT2D eigenvalue weighted by atomic mass is 10.1. The molecule has 3 aromatic rings. The highest BCUT2D eigenvalue weighted by Gasteiger charge is 2.14. The lowest BCUT2D eigenvalue weighted by Gasteiger charge is -2.11. The first-order valence-corrected chi connectivity index (χ1v) is 11.7. The smallest absolute Gasteiger partial charge is 0.267 e. The van der Waals surface area contributed by atoms with Crippen molar-refractivity contribution in [3.63, 3.8) is 0 Å². The molecule has 1 aromatic heterocycles. The van der Waals surface area contributed by atoms with E-state index in [2.05, 4.69) is 22.8 Å². The molecule has 2 amide bonds. The first-order chi connectivity index (χ1) is 14.6. The fourth-order valence-corrected chi connectivity index (χ4v) is 4.23. The molecule has 0 fully saturated rings. The number of rotatable bonds is 9. The zero-order valence-corrected chi connectivity index (χ0v) is 18.4. The van der Waals surface area contributed by atoms with Gasteiger partial charge in [0.05, 0.1) is 0 Å². The Balaban J connectivity index is 1.58. The quantitative estimate of drug-likeness (QED) is 0.371. The maximum Gasteiger partial charge on any atom is 0.267 e. The minimum absolute atomic E-state index is 0.247. The summed E-state index contributed by atoms with van der Waals surface area (Å²) in [5.74, 6) is 1.11. The van der Waals surface area contributed by atoms with Crippen LogP contribution in [0.25, 0.3) is 6.08 Å². The highest BCUT2D eigenvalue weighted by atomic mass is 32.2. The number of carbonyl (C=O) groups is 2. The molecule has 2 N–H and O–H groups in total. The van der Waals surface area contributed by atoms with E-state index >= 15 is 0 Å². The Kier molecular flexibility index (Phi) is 8.30. The van der Waals surface area contributed by atoms with Crippen LogP contribution in [0.4, 0.5) is 0 Å². The summed E-state index contributed by atoms with van der Waals surface area (Å²) >= 11 is 3.27. The monoisotopic (exact) mass is 436 g/mol. The van der Waals surface area contributed by atoms with Crippen molar-refractivity contribution in [1.82, 2.24) is 10.6 Å². The molecule has 0 aliphatic heterocycles. The molecule has 0 saturated carbocycles. The van der Waals surface area contributed by atoms with Crippen molar-refractivity contribution in [1.29, 1.82) is 0 Å². The maximum atomic E-state index is 12.7. The number of amides is 2. The lowest BCUT2D eigenvalue weighted by Crippen LogP contribution is -2.35. The molecule has 3 rings (SSSR count). The maximum absolute atomic E-state index is 12.7. The summed E-state index contributed by atoms with van der Waals surface area (Å²) in [4.78, 5) is 26.3. The van der Waals surface area contributed by atoms with Crippen LogP contribution in [0.1, 0.15) is 26.4 Å². The molecule has 0 unspecified atom stereocenters. The van der Waals surface area contributed by atoms with Gasteiger partial charge >= 0.3 is 0 Å². The van der Waals surface area contributed by atoms with Gasteiger partial charge in [-0.1, -0.05) is 54.1 Å². The van der Waals surface area contributed by atoms with Crippen molar-refractivity contribution in [2.75, 3.05) is 12.3 Å². The Bertz CT molecular complexity index is 999. The second-order valence-electron chi connectivity index (χ2n) is 6.69. The van der Waals surface area contributed by atoms with Gasteiger partial charge in [-0.2, -0.15) is 11.8 Å². The van der Waals surface area contributed by atoms with Crippen molar-refractivity contribution in [2.45, 2.75) is 12.7 Å². The molecular weight excluding hydrogens is 412 g/mol. The first kappa shape index (κ1) is 21.9. The third kappa shape index (κ3) is 6.90. The van der Waals surface area contributed by atoms with Crippen molar-refractivity contribution >= 4 is 41.0 Å². The van der Waals surface area contributed by atoms with E-state index in [1.165, 1.54) is 16.9 Å². The van der Waals surface area contributed by atoms with Crippen molar-refractivity contribution in [3.05, 3.63) is 99.4 Å². The van der Waals surface area contributed by atoms with Gasteiger partial charge in [-0.3, -0.25) is 9.59 Å². The van der Waals surface area contributed by atoms with Crippen LogP contribution in [0.15, 0.2) is 77.8 Å². The highest BCUT2D eigenvalue weighted by Crippen LogP contribution is 2.14. The standard InChI is InChI=1S/C24H24N2O2S2/c1-18-7-5-10-20(15-18)23(27)26-22(16-21-11-6-13-30-21)24(28)25-12-14-29-17-19-8-3-2-4-9-19/h2-11,13,15-16H,12,14,17H2,1H3,(H,25,28)(H,26,27)/b22-16-. The van der Waals surface area contributed by atoms with Gasteiger partial charge in [0.1, 0.15) is 5.70 Å². The van der Waals surface area contributed by atoms with Crippen LogP contribution in [-0.4, -0.2) is 24.1 Å². The number of thioether (sulfide) groups is 1. The SMILES string of the molecule is Cc1cccc(C(=O)N/C(=C\c2cccs2)C(=O)NCCSCc2ccccc2)c1. The summed E-state index contributed by atoms with van der Waals surface area (Å²) in [7, 11) is 0. The Labute approximate surface area is 185 Å². The molecule has 4 nitrogen and oxygen atoms in total. The summed E-state index contributed by atoms with van der Waals surface area (Å²) in [6.07, 6.45) is 1.71. The van der Waals surface area contributed by atoms with Crippen molar-refractivity contribution in [3.8, 4) is 0 Å². The largest absolute Gasteiger partial charge is 0.350 e. The molecule has 0 saturated heterocycles. The van der Waals surface area contributed by atoms with Gasteiger partial charge < -0.3 is 10.6 Å². The summed E-state index contributed by atoms with van der Waals surface area (Å²) in [5.41, 5.74) is 3.03. The third-order valence-corrected chi connectivity index (χ3v) is 6.10. The van der Waals surface area contributed by atoms with E-state index < -0.39 is 0 Å². The van der Waals surface area contributed by atoms with E-state index in [1.54, 1.807) is 30.0 Å². The van der Waals surface area contributed by atoms with Gasteiger partial charge in [-0.05, 0) is 42.1 Å². The van der Waals surface area contributed by atoms with E-state index in [-0.39, 0.29) is 17.5 Å². The number of benzene rings is 2. The fraction of sp³-hybridized carbons (Fsp3) is 0.167. The summed E-state index contributed by atoms with van der Waals surface area (Å²) in [6.45, 7) is 2.46. The molecule has 0 aliphatic rings. The van der Waals surface area contributed by atoms with Crippen LogP contribution in [-0.2, 0) is 10.5 Å². The summed E-state index contributed by atoms with van der Waals surface area (Å²) in [6, 6.07) is 21.4. The van der Waals surface area contributed by atoms with Crippen LogP contribution >= 0.6 is 23.1 Å². The van der Waals surface area contributed by atoms with E-state index in [1.807, 2.05) is 54.8 Å². The summed E-state index contributed by atoms with van der Waals surface area (Å²) < 4.78 is 0. The average Bonchev–Trinajstić information content (AvgIpc) is 3.27. The number of thiophene rings is 1. The average molecular weight is 437 g/mol. The molecule has 6 heteroatoms.